The zero-order valence-electron chi connectivity index (χ0n) is 11.8. The fourth-order valence-electron chi connectivity index (χ4n) is 1.98. The van der Waals surface area contributed by atoms with Gasteiger partial charge in [0, 0.05) is 11.3 Å². The van der Waals surface area contributed by atoms with Gasteiger partial charge in [0.05, 0.1) is 18.2 Å². The van der Waals surface area contributed by atoms with Crippen LogP contribution in [0.2, 0.25) is 0 Å². The SMILES string of the molecule is CC(=O)CC(=O)Nc1ccc(C2=NNC(=O)NC2C)cc1. The summed E-state index contributed by atoms with van der Waals surface area (Å²) < 4.78 is 0. The molecule has 1 aromatic rings. The highest BCUT2D eigenvalue weighted by Crippen LogP contribution is 2.13. The highest BCUT2D eigenvalue weighted by molar-refractivity contribution is 6.08. The van der Waals surface area contributed by atoms with Crippen LogP contribution in [0.3, 0.4) is 0 Å². The van der Waals surface area contributed by atoms with Crippen molar-refractivity contribution in [1.29, 1.82) is 0 Å². The van der Waals surface area contributed by atoms with Crippen LogP contribution >= 0.6 is 0 Å². The molecular weight excluding hydrogens is 272 g/mol. The molecule has 21 heavy (non-hydrogen) atoms. The van der Waals surface area contributed by atoms with Crippen LogP contribution in [0.25, 0.3) is 0 Å². The highest BCUT2D eigenvalue weighted by Gasteiger charge is 2.20. The Morgan fingerprint density at radius 3 is 2.52 bits per heavy atom. The lowest BCUT2D eigenvalue weighted by atomic mass is 10.0. The fraction of sp³-hybridized carbons (Fsp3) is 0.286. The molecule has 1 unspecified atom stereocenters. The summed E-state index contributed by atoms with van der Waals surface area (Å²) in [4.78, 5) is 33.4. The monoisotopic (exact) mass is 288 g/mol. The number of anilines is 1. The third kappa shape index (κ3) is 3.88. The van der Waals surface area contributed by atoms with Crippen molar-refractivity contribution in [2.75, 3.05) is 5.32 Å². The molecule has 3 N–H and O–H groups in total. The molecule has 3 amide bonds. The number of ketones is 1. The van der Waals surface area contributed by atoms with E-state index in [1.807, 2.05) is 6.92 Å². The molecule has 0 aliphatic carbocycles. The zero-order chi connectivity index (χ0) is 15.4. The van der Waals surface area contributed by atoms with Crippen molar-refractivity contribution in [3.63, 3.8) is 0 Å². The van der Waals surface area contributed by atoms with Crippen molar-refractivity contribution < 1.29 is 14.4 Å². The van der Waals surface area contributed by atoms with Gasteiger partial charge >= 0.3 is 6.03 Å². The number of carbonyl (C=O) groups is 3. The largest absolute Gasteiger partial charge is 0.335 e. The van der Waals surface area contributed by atoms with Gasteiger partial charge in [-0.15, -0.1) is 0 Å². The second-order valence-electron chi connectivity index (χ2n) is 4.81. The lowest BCUT2D eigenvalue weighted by Gasteiger charge is -2.21. The average molecular weight is 288 g/mol. The van der Waals surface area contributed by atoms with Gasteiger partial charge in [-0.25, -0.2) is 10.2 Å². The molecule has 0 bridgehead atoms. The molecule has 0 fully saturated rings. The molecule has 0 radical (unpaired) electrons. The molecule has 110 valence electrons. The van der Waals surface area contributed by atoms with Crippen LogP contribution < -0.4 is 16.1 Å². The van der Waals surface area contributed by atoms with E-state index in [4.69, 9.17) is 0 Å². The lowest BCUT2D eigenvalue weighted by molar-refractivity contribution is -0.124. The van der Waals surface area contributed by atoms with Gasteiger partial charge in [0.25, 0.3) is 0 Å². The lowest BCUT2D eigenvalue weighted by Crippen LogP contribution is -2.48. The Morgan fingerprint density at radius 2 is 1.95 bits per heavy atom. The molecule has 2 rings (SSSR count). The molecule has 7 nitrogen and oxygen atoms in total. The molecule has 1 aliphatic rings. The quantitative estimate of drug-likeness (QED) is 0.721. The number of carbonyl (C=O) groups excluding carboxylic acids is 3. The first kappa shape index (κ1) is 14.7. The first-order valence-electron chi connectivity index (χ1n) is 6.49. The smallest absolute Gasteiger partial charge is 0.328 e. The van der Waals surface area contributed by atoms with Gasteiger partial charge in [0.2, 0.25) is 5.91 Å². The van der Waals surface area contributed by atoms with Crippen LogP contribution in [0.4, 0.5) is 10.5 Å². The van der Waals surface area contributed by atoms with Crippen molar-refractivity contribution in [1.82, 2.24) is 10.7 Å². The number of nitrogens with zero attached hydrogens (tertiary/aromatic N) is 1. The topological polar surface area (TPSA) is 99.7 Å². The van der Waals surface area contributed by atoms with Gasteiger partial charge in [0.15, 0.2) is 0 Å². The Bertz CT molecular complexity index is 607. The van der Waals surface area contributed by atoms with E-state index in [9.17, 15) is 14.4 Å². The van der Waals surface area contributed by atoms with Crippen LogP contribution in [-0.2, 0) is 9.59 Å². The third-order valence-electron chi connectivity index (χ3n) is 2.91. The number of benzene rings is 1. The highest BCUT2D eigenvalue weighted by atomic mass is 16.2. The molecule has 1 heterocycles. The van der Waals surface area contributed by atoms with Crippen LogP contribution in [0.5, 0.6) is 0 Å². The number of hydrogen-bond donors (Lipinski definition) is 3. The van der Waals surface area contributed by atoms with Gasteiger partial charge < -0.3 is 10.6 Å². The van der Waals surface area contributed by atoms with Gasteiger partial charge in [-0.2, -0.15) is 5.10 Å². The van der Waals surface area contributed by atoms with Crippen molar-refractivity contribution >= 4 is 29.1 Å². The molecule has 1 aromatic carbocycles. The number of urea groups is 1. The summed E-state index contributed by atoms with van der Waals surface area (Å²) >= 11 is 0. The first-order chi connectivity index (χ1) is 9.95. The number of Topliss-reactive ketones (excluding diaryl/α,β-unsaturated/α-hetero) is 1. The summed E-state index contributed by atoms with van der Waals surface area (Å²) in [5.41, 5.74) is 4.50. The molecule has 0 saturated heterocycles. The van der Waals surface area contributed by atoms with E-state index in [1.165, 1.54) is 6.92 Å². The average Bonchev–Trinajstić information content (AvgIpc) is 2.39. The molecule has 0 spiro atoms. The Morgan fingerprint density at radius 1 is 1.29 bits per heavy atom. The summed E-state index contributed by atoms with van der Waals surface area (Å²) in [7, 11) is 0. The number of hydrogen-bond acceptors (Lipinski definition) is 4. The maximum absolute atomic E-state index is 11.5. The summed E-state index contributed by atoms with van der Waals surface area (Å²) in [5, 5.41) is 9.36. The Kier molecular flexibility index (Phi) is 4.32. The third-order valence-corrected chi connectivity index (χ3v) is 2.91. The van der Waals surface area contributed by atoms with Gasteiger partial charge in [-0.3, -0.25) is 9.59 Å². The normalized spacial score (nSPS) is 17.3. The molecule has 1 atom stereocenters. The van der Waals surface area contributed by atoms with E-state index < -0.39 is 0 Å². The van der Waals surface area contributed by atoms with Crippen molar-refractivity contribution in [3.8, 4) is 0 Å². The van der Waals surface area contributed by atoms with Crippen LogP contribution in [-0.4, -0.2) is 29.5 Å². The van der Waals surface area contributed by atoms with E-state index in [0.717, 1.165) is 5.56 Å². The minimum absolute atomic E-state index is 0.137. The Hall–Kier alpha value is -2.70. The van der Waals surface area contributed by atoms with Crippen LogP contribution in [0, 0.1) is 0 Å². The van der Waals surface area contributed by atoms with Gasteiger partial charge in [-0.05, 0) is 26.0 Å². The zero-order valence-corrected chi connectivity index (χ0v) is 11.8. The van der Waals surface area contributed by atoms with Crippen molar-refractivity contribution in [2.24, 2.45) is 5.10 Å². The van der Waals surface area contributed by atoms with Gasteiger partial charge in [-0.1, -0.05) is 12.1 Å². The first-order valence-corrected chi connectivity index (χ1v) is 6.49. The van der Waals surface area contributed by atoms with E-state index in [1.54, 1.807) is 24.3 Å². The second-order valence-corrected chi connectivity index (χ2v) is 4.81. The maximum Gasteiger partial charge on any atom is 0.335 e. The molecule has 1 aliphatic heterocycles. The summed E-state index contributed by atoms with van der Waals surface area (Å²) in [6.45, 7) is 3.20. The predicted octanol–water partition coefficient (Wildman–Crippen LogP) is 1.01. The number of rotatable bonds is 4. The summed E-state index contributed by atoms with van der Waals surface area (Å²) in [6.07, 6.45) is -0.137. The molecule has 0 saturated carbocycles. The van der Waals surface area contributed by atoms with Gasteiger partial charge in [0.1, 0.15) is 5.78 Å². The second kappa shape index (κ2) is 6.17. The van der Waals surface area contributed by atoms with E-state index >= 15 is 0 Å². The van der Waals surface area contributed by atoms with E-state index in [0.29, 0.717) is 11.4 Å². The standard InChI is InChI=1S/C14H16N4O3/c1-8(19)7-12(20)16-11-5-3-10(4-6-11)13-9(2)15-14(21)18-17-13/h3-6,9H,7H2,1-2H3,(H,16,20)(H2,15,18,21). The molecule has 0 aromatic heterocycles. The fourth-order valence-corrected chi connectivity index (χ4v) is 1.98. The minimum Gasteiger partial charge on any atom is -0.328 e. The van der Waals surface area contributed by atoms with Crippen LogP contribution in [0.1, 0.15) is 25.8 Å². The number of amides is 3. The van der Waals surface area contributed by atoms with E-state index in [-0.39, 0.29) is 30.2 Å². The molecular formula is C14H16N4O3. The van der Waals surface area contributed by atoms with Crippen molar-refractivity contribution in [2.45, 2.75) is 26.3 Å². The molecule has 7 heteroatoms. The van der Waals surface area contributed by atoms with E-state index in [2.05, 4.69) is 21.2 Å². The Labute approximate surface area is 121 Å². The predicted molar refractivity (Wildman–Crippen MR) is 78.0 cm³/mol. The number of hydrazone groups is 1. The maximum atomic E-state index is 11.5. The van der Waals surface area contributed by atoms with Crippen LogP contribution in [0.15, 0.2) is 29.4 Å². The summed E-state index contributed by atoms with van der Waals surface area (Å²) in [5.74, 6) is -0.524. The minimum atomic E-state index is -0.340. The van der Waals surface area contributed by atoms with Crippen molar-refractivity contribution in [3.05, 3.63) is 29.8 Å². The Balaban J connectivity index is 2.07. The number of nitrogens with one attached hydrogen (secondary N) is 3. The summed E-state index contributed by atoms with van der Waals surface area (Å²) in [6, 6.07) is 6.49.